The summed E-state index contributed by atoms with van der Waals surface area (Å²) in [7, 11) is -3.52. The Morgan fingerprint density at radius 3 is 2.00 bits per heavy atom. The largest absolute Gasteiger partial charge is 0.341 e. The molecule has 0 bridgehead atoms. The van der Waals surface area contributed by atoms with E-state index in [1.165, 1.54) is 4.31 Å². The zero-order chi connectivity index (χ0) is 18.7. The minimum Gasteiger partial charge on any atom is -0.341 e. The van der Waals surface area contributed by atoms with Crippen LogP contribution < -0.4 is 4.31 Å². The summed E-state index contributed by atoms with van der Waals surface area (Å²) in [5, 5.41) is 0. The van der Waals surface area contributed by atoms with Crippen molar-refractivity contribution >= 4 is 21.6 Å². The minimum absolute atomic E-state index is 0.00365. The van der Waals surface area contributed by atoms with Crippen LogP contribution in [0.25, 0.3) is 0 Å². The molecule has 0 atom stereocenters. The molecular weight excluding hydrogens is 336 g/mol. The smallest absolute Gasteiger partial charge is 0.243 e. The van der Waals surface area contributed by atoms with Gasteiger partial charge in [0.05, 0.1) is 11.9 Å². The number of hydrogen-bond acceptors (Lipinski definition) is 3. The van der Waals surface area contributed by atoms with Gasteiger partial charge in [-0.3, -0.25) is 9.10 Å². The van der Waals surface area contributed by atoms with Crippen molar-refractivity contribution in [3.63, 3.8) is 0 Å². The molecule has 1 fully saturated rings. The van der Waals surface area contributed by atoms with Crippen LogP contribution >= 0.6 is 0 Å². The number of anilines is 1. The van der Waals surface area contributed by atoms with Crippen molar-refractivity contribution in [1.29, 1.82) is 0 Å². The number of likely N-dealkylation sites (tertiary alicyclic amines) is 1. The molecule has 25 heavy (non-hydrogen) atoms. The van der Waals surface area contributed by atoms with Gasteiger partial charge in [0.15, 0.2) is 0 Å². The molecule has 2 rings (SSSR count). The lowest BCUT2D eigenvalue weighted by Gasteiger charge is -2.27. The first-order valence-corrected chi connectivity index (χ1v) is 10.8. The maximum absolute atomic E-state index is 12.6. The van der Waals surface area contributed by atoms with Gasteiger partial charge in [-0.2, -0.15) is 0 Å². The lowest BCUT2D eigenvalue weighted by Crippen LogP contribution is -2.43. The van der Waals surface area contributed by atoms with Crippen LogP contribution in [0.2, 0.25) is 0 Å². The fourth-order valence-electron chi connectivity index (χ4n) is 3.07. The maximum Gasteiger partial charge on any atom is 0.243 e. The average molecular weight is 367 g/mol. The number of carbonyl (C=O) groups is 1. The summed E-state index contributed by atoms with van der Waals surface area (Å²) < 4.78 is 25.7. The Morgan fingerprint density at radius 1 is 1.04 bits per heavy atom. The van der Waals surface area contributed by atoms with Gasteiger partial charge in [-0.05, 0) is 36.0 Å². The molecule has 0 saturated carbocycles. The molecule has 0 radical (unpaired) electrons. The number of amides is 1. The van der Waals surface area contributed by atoms with Crippen LogP contribution in [0.1, 0.15) is 52.0 Å². The van der Waals surface area contributed by atoms with E-state index in [0.717, 1.165) is 50.6 Å². The first-order chi connectivity index (χ1) is 11.6. The lowest BCUT2D eigenvalue weighted by molar-refractivity contribution is -0.129. The molecule has 140 valence electrons. The van der Waals surface area contributed by atoms with Gasteiger partial charge in [0.1, 0.15) is 6.54 Å². The third-order valence-corrected chi connectivity index (χ3v) is 5.80. The number of sulfonamides is 1. The van der Waals surface area contributed by atoms with E-state index in [1.807, 2.05) is 12.1 Å². The quantitative estimate of drug-likeness (QED) is 0.822. The topological polar surface area (TPSA) is 57.7 Å². The van der Waals surface area contributed by atoms with E-state index in [2.05, 4.69) is 20.8 Å². The molecule has 1 aliphatic heterocycles. The van der Waals surface area contributed by atoms with E-state index < -0.39 is 10.0 Å². The first-order valence-electron chi connectivity index (χ1n) is 8.95. The Morgan fingerprint density at radius 2 is 1.56 bits per heavy atom. The molecule has 0 spiro atoms. The van der Waals surface area contributed by atoms with Crippen molar-refractivity contribution in [2.75, 3.05) is 30.2 Å². The van der Waals surface area contributed by atoms with E-state index >= 15 is 0 Å². The van der Waals surface area contributed by atoms with E-state index in [4.69, 9.17) is 0 Å². The molecule has 0 aliphatic carbocycles. The fourth-order valence-corrected chi connectivity index (χ4v) is 3.92. The van der Waals surface area contributed by atoms with Crippen molar-refractivity contribution < 1.29 is 13.2 Å². The highest BCUT2D eigenvalue weighted by atomic mass is 32.2. The molecule has 1 heterocycles. The lowest BCUT2D eigenvalue weighted by atomic mass is 9.87. The zero-order valence-corrected chi connectivity index (χ0v) is 16.6. The van der Waals surface area contributed by atoms with Gasteiger partial charge in [-0.25, -0.2) is 8.42 Å². The zero-order valence-electron chi connectivity index (χ0n) is 15.8. The molecular formula is C19H30N2O3S. The second kappa shape index (κ2) is 7.77. The fraction of sp³-hybridized carbons (Fsp3) is 0.632. The molecule has 1 saturated heterocycles. The summed E-state index contributed by atoms with van der Waals surface area (Å²) in [6, 6.07) is 7.45. The molecule has 1 aliphatic rings. The van der Waals surface area contributed by atoms with E-state index in [0.29, 0.717) is 5.69 Å². The van der Waals surface area contributed by atoms with Gasteiger partial charge in [0.2, 0.25) is 15.9 Å². The average Bonchev–Trinajstić information content (AvgIpc) is 2.80. The molecule has 6 heteroatoms. The normalized spacial score (nSPS) is 16.4. The Hall–Kier alpha value is -1.56. The van der Waals surface area contributed by atoms with Crippen LogP contribution in [0.15, 0.2) is 24.3 Å². The Balaban J connectivity index is 2.20. The number of rotatable bonds is 4. The van der Waals surface area contributed by atoms with Crippen molar-refractivity contribution in [3.05, 3.63) is 29.8 Å². The van der Waals surface area contributed by atoms with Crippen LogP contribution in [0, 0.1) is 0 Å². The van der Waals surface area contributed by atoms with Crippen molar-refractivity contribution in [1.82, 2.24) is 4.90 Å². The van der Waals surface area contributed by atoms with Crippen LogP contribution in [0.4, 0.5) is 5.69 Å². The van der Waals surface area contributed by atoms with Gasteiger partial charge < -0.3 is 4.90 Å². The molecule has 1 aromatic rings. The molecule has 0 aromatic heterocycles. The van der Waals surface area contributed by atoms with Crippen molar-refractivity contribution in [2.24, 2.45) is 0 Å². The second-order valence-corrected chi connectivity index (χ2v) is 9.77. The Bertz CT molecular complexity index is 682. The highest BCUT2D eigenvalue weighted by molar-refractivity contribution is 7.92. The number of carbonyl (C=O) groups excluding carboxylic acids is 1. The summed E-state index contributed by atoms with van der Waals surface area (Å²) in [5.74, 6) is -0.118. The third-order valence-electron chi connectivity index (χ3n) is 4.66. The SMILES string of the molecule is CC(C)(C)c1ccc(N(CC(=O)N2CCCCCC2)S(C)(=O)=O)cc1. The number of nitrogens with zero attached hydrogens (tertiary/aromatic N) is 2. The highest BCUT2D eigenvalue weighted by Crippen LogP contribution is 2.26. The van der Waals surface area contributed by atoms with Gasteiger partial charge in [0.25, 0.3) is 0 Å². The molecule has 1 amide bonds. The first kappa shape index (κ1) is 19.8. The van der Waals surface area contributed by atoms with Crippen molar-refractivity contribution in [3.8, 4) is 0 Å². The van der Waals surface area contributed by atoms with E-state index in [9.17, 15) is 13.2 Å². The van der Waals surface area contributed by atoms with Crippen LogP contribution in [0.3, 0.4) is 0 Å². The Labute approximate surface area is 152 Å². The summed E-state index contributed by atoms with van der Waals surface area (Å²) in [6.45, 7) is 7.64. The van der Waals surface area contributed by atoms with Crippen LogP contribution in [-0.4, -0.2) is 45.1 Å². The second-order valence-electron chi connectivity index (χ2n) is 7.86. The van der Waals surface area contributed by atoms with Crippen LogP contribution in [-0.2, 0) is 20.2 Å². The standard InChI is InChI=1S/C19H30N2O3S/c1-19(2,3)16-9-11-17(12-10-16)21(25(4,23)24)15-18(22)20-13-7-5-6-8-14-20/h9-12H,5-8,13-15H2,1-4H3. The van der Waals surface area contributed by atoms with E-state index in [1.54, 1.807) is 17.0 Å². The van der Waals surface area contributed by atoms with Gasteiger partial charge in [0, 0.05) is 13.1 Å². The molecule has 1 aromatic carbocycles. The summed E-state index contributed by atoms with van der Waals surface area (Å²) in [4.78, 5) is 14.4. The number of benzene rings is 1. The summed E-state index contributed by atoms with van der Waals surface area (Å²) in [5.41, 5.74) is 1.67. The van der Waals surface area contributed by atoms with Crippen molar-refractivity contribution in [2.45, 2.75) is 51.9 Å². The summed E-state index contributed by atoms with van der Waals surface area (Å²) >= 11 is 0. The predicted octanol–water partition coefficient (Wildman–Crippen LogP) is 3.15. The van der Waals surface area contributed by atoms with Gasteiger partial charge >= 0.3 is 0 Å². The van der Waals surface area contributed by atoms with E-state index in [-0.39, 0.29) is 17.9 Å². The Kier molecular flexibility index (Phi) is 6.14. The minimum atomic E-state index is -3.52. The van der Waals surface area contributed by atoms with Crippen LogP contribution in [0.5, 0.6) is 0 Å². The third kappa shape index (κ3) is 5.46. The predicted molar refractivity (Wildman–Crippen MR) is 102 cm³/mol. The monoisotopic (exact) mass is 366 g/mol. The maximum atomic E-state index is 12.6. The van der Waals surface area contributed by atoms with Gasteiger partial charge in [-0.1, -0.05) is 45.7 Å². The summed E-state index contributed by atoms with van der Waals surface area (Å²) in [6.07, 6.45) is 5.40. The number of hydrogen-bond donors (Lipinski definition) is 0. The molecule has 0 N–H and O–H groups in total. The highest BCUT2D eigenvalue weighted by Gasteiger charge is 2.25. The molecule has 5 nitrogen and oxygen atoms in total. The molecule has 0 unspecified atom stereocenters. The van der Waals surface area contributed by atoms with Gasteiger partial charge in [-0.15, -0.1) is 0 Å².